The summed E-state index contributed by atoms with van der Waals surface area (Å²) >= 11 is 0. The lowest BCUT2D eigenvalue weighted by Gasteiger charge is -1.95. The largest absolute Gasteiger partial charge is 0.292 e. The topological polar surface area (TPSA) is 30.0 Å². The maximum Gasteiger partial charge on any atom is 0.184 e. The van der Waals surface area contributed by atoms with E-state index in [1.807, 2.05) is 26.0 Å². The maximum absolute atomic E-state index is 11.4. The zero-order chi connectivity index (χ0) is 9.68. The zero-order valence-corrected chi connectivity index (χ0v) is 7.95. The number of Topliss-reactive ketones (excluding diaryl/α,β-unsaturated/α-hetero) is 1. The average Bonchev–Trinajstić information content (AvgIpc) is 2.15. The molecule has 0 aliphatic rings. The van der Waals surface area contributed by atoms with Crippen molar-refractivity contribution in [2.24, 2.45) is 0 Å². The van der Waals surface area contributed by atoms with Gasteiger partial charge in [0.1, 0.15) is 5.69 Å². The third-order valence-electron chi connectivity index (χ3n) is 1.65. The van der Waals surface area contributed by atoms with Crippen molar-refractivity contribution in [1.29, 1.82) is 0 Å². The van der Waals surface area contributed by atoms with Gasteiger partial charge in [0.15, 0.2) is 5.78 Å². The Balaban J connectivity index is 2.65. The minimum atomic E-state index is 0.0711. The number of hydrogen-bond donors (Lipinski definition) is 0. The normalized spacial score (nSPS) is 9.38. The summed E-state index contributed by atoms with van der Waals surface area (Å²) in [5, 5.41) is 0. The lowest BCUT2D eigenvalue weighted by atomic mass is 10.1. The molecule has 0 saturated heterocycles. The molecule has 0 saturated carbocycles. The Bertz CT molecular complexity index is 310. The molecule has 0 aliphatic heterocycles. The molecule has 0 bridgehead atoms. The van der Waals surface area contributed by atoms with Crippen molar-refractivity contribution in [3.05, 3.63) is 41.7 Å². The van der Waals surface area contributed by atoms with Crippen molar-refractivity contribution in [1.82, 2.24) is 4.98 Å². The summed E-state index contributed by atoms with van der Waals surface area (Å²) in [7, 11) is 0. The highest BCUT2D eigenvalue weighted by atomic mass is 16.1. The summed E-state index contributed by atoms with van der Waals surface area (Å²) in [4.78, 5) is 15.4. The molecule has 0 unspecified atom stereocenters. The van der Waals surface area contributed by atoms with Crippen molar-refractivity contribution in [2.75, 3.05) is 0 Å². The van der Waals surface area contributed by atoms with Gasteiger partial charge < -0.3 is 0 Å². The molecule has 0 spiro atoms. The van der Waals surface area contributed by atoms with Gasteiger partial charge in [-0.3, -0.25) is 9.78 Å². The lowest BCUT2D eigenvalue weighted by molar-refractivity contribution is 0.0991. The molecular formula is C11H13NO. The van der Waals surface area contributed by atoms with Crippen LogP contribution in [0.1, 0.15) is 30.8 Å². The van der Waals surface area contributed by atoms with Crippen LogP contribution in [0.5, 0.6) is 0 Å². The molecule has 0 radical (unpaired) electrons. The third-order valence-corrected chi connectivity index (χ3v) is 1.65. The van der Waals surface area contributed by atoms with Crippen molar-refractivity contribution in [3.63, 3.8) is 0 Å². The van der Waals surface area contributed by atoms with E-state index in [0.717, 1.165) is 5.57 Å². The van der Waals surface area contributed by atoms with Gasteiger partial charge in [-0.15, -0.1) is 0 Å². The first kappa shape index (κ1) is 9.65. The fourth-order valence-corrected chi connectivity index (χ4v) is 0.929. The van der Waals surface area contributed by atoms with Crippen LogP contribution in [0, 0.1) is 0 Å². The Morgan fingerprint density at radius 2 is 2.23 bits per heavy atom. The Morgan fingerprint density at radius 3 is 2.77 bits per heavy atom. The second-order valence-corrected chi connectivity index (χ2v) is 3.12. The summed E-state index contributed by atoms with van der Waals surface area (Å²) in [6, 6.07) is 5.36. The number of rotatable bonds is 3. The summed E-state index contributed by atoms with van der Waals surface area (Å²) in [6.45, 7) is 3.96. The van der Waals surface area contributed by atoms with E-state index in [1.54, 1.807) is 18.3 Å². The first-order chi connectivity index (χ1) is 6.20. The van der Waals surface area contributed by atoms with Crippen LogP contribution < -0.4 is 0 Å². The Hall–Kier alpha value is -1.44. The number of ketones is 1. The van der Waals surface area contributed by atoms with Gasteiger partial charge in [0.2, 0.25) is 0 Å². The highest BCUT2D eigenvalue weighted by Crippen LogP contribution is 2.01. The quantitative estimate of drug-likeness (QED) is 0.522. The number of pyridine rings is 1. The predicted molar refractivity (Wildman–Crippen MR) is 52.6 cm³/mol. The van der Waals surface area contributed by atoms with Crippen LogP contribution >= 0.6 is 0 Å². The minimum absolute atomic E-state index is 0.0711. The van der Waals surface area contributed by atoms with Crippen molar-refractivity contribution >= 4 is 5.78 Å². The van der Waals surface area contributed by atoms with Crippen molar-refractivity contribution in [3.8, 4) is 0 Å². The van der Waals surface area contributed by atoms with E-state index in [9.17, 15) is 4.79 Å². The van der Waals surface area contributed by atoms with Gasteiger partial charge >= 0.3 is 0 Å². The fraction of sp³-hybridized carbons (Fsp3) is 0.273. The van der Waals surface area contributed by atoms with Gasteiger partial charge in [0, 0.05) is 12.6 Å². The summed E-state index contributed by atoms with van der Waals surface area (Å²) < 4.78 is 0. The van der Waals surface area contributed by atoms with E-state index in [2.05, 4.69) is 4.98 Å². The second kappa shape index (κ2) is 4.55. The molecule has 0 fully saturated rings. The lowest BCUT2D eigenvalue weighted by Crippen LogP contribution is -1.99. The maximum atomic E-state index is 11.4. The van der Waals surface area contributed by atoms with E-state index < -0.39 is 0 Å². The van der Waals surface area contributed by atoms with E-state index >= 15 is 0 Å². The van der Waals surface area contributed by atoms with Crippen LogP contribution in [0.25, 0.3) is 0 Å². The highest BCUT2D eigenvalue weighted by molar-refractivity contribution is 5.95. The first-order valence-corrected chi connectivity index (χ1v) is 4.28. The van der Waals surface area contributed by atoms with E-state index in [1.165, 1.54) is 0 Å². The molecule has 1 heterocycles. The van der Waals surface area contributed by atoms with Gasteiger partial charge in [0.25, 0.3) is 0 Å². The van der Waals surface area contributed by atoms with Crippen LogP contribution in [0.4, 0.5) is 0 Å². The van der Waals surface area contributed by atoms with Gasteiger partial charge in [-0.05, 0) is 26.0 Å². The molecule has 1 aromatic heterocycles. The summed E-state index contributed by atoms with van der Waals surface area (Å²) in [6.07, 6.45) is 3.99. The van der Waals surface area contributed by atoms with E-state index in [4.69, 9.17) is 0 Å². The standard InChI is InChI=1S/C11H13NO/c1-9(2)6-7-11(13)10-5-3-4-8-12-10/h3-6,8H,7H2,1-2H3. The van der Waals surface area contributed by atoms with Gasteiger partial charge in [-0.1, -0.05) is 17.7 Å². The smallest absolute Gasteiger partial charge is 0.184 e. The second-order valence-electron chi connectivity index (χ2n) is 3.12. The SMILES string of the molecule is CC(C)=CCC(=O)c1ccccn1. The summed E-state index contributed by atoms with van der Waals surface area (Å²) in [5.74, 6) is 0.0711. The van der Waals surface area contributed by atoms with Crippen molar-refractivity contribution in [2.45, 2.75) is 20.3 Å². The third kappa shape index (κ3) is 3.20. The van der Waals surface area contributed by atoms with Crippen LogP contribution in [0.15, 0.2) is 36.0 Å². The Morgan fingerprint density at radius 1 is 1.46 bits per heavy atom. The van der Waals surface area contributed by atoms with Gasteiger partial charge in [-0.2, -0.15) is 0 Å². The first-order valence-electron chi connectivity index (χ1n) is 4.28. The molecule has 0 aromatic carbocycles. The molecule has 1 aromatic rings. The Kier molecular flexibility index (Phi) is 3.38. The highest BCUT2D eigenvalue weighted by Gasteiger charge is 2.02. The fourth-order valence-electron chi connectivity index (χ4n) is 0.929. The van der Waals surface area contributed by atoms with Crippen LogP contribution in [-0.4, -0.2) is 10.8 Å². The van der Waals surface area contributed by atoms with E-state index in [0.29, 0.717) is 12.1 Å². The average molecular weight is 175 g/mol. The molecule has 2 heteroatoms. The number of hydrogen-bond acceptors (Lipinski definition) is 2. The van der Waals surface area contributed by atoms with Crippen LogP contribution in [0.3, 0.4) is 0 Å². The predicted octanol–water partition coefficient (Wildman–Crippen LogP) is 2.62. The number of carbonyl (C=O) groups excluding carboxylic acids is 1. The summed E-state index contributed by atoms with van der Waals surface area (Å²) in [5.41, 5.74) is 1.70. The van der Waals surface area contributed by atoms with Gasteiger partial charge in [-0.25, -0.2) is 0 Å². The molecule has 13 heavy (non-hydrogen) atoms. The minimum Gasteiger partial charge on any atom is -0.292 e. The number of carbonyl (C=O) groups is 1. The molecular weight excluding hydrogens is 162 g/mol. The molecule has 0 atom stereocenters. The number of nitrogens with zero attached hydrogens (tertiary/aromatic N) is 1. The number of allylic oxidation sites excluding steroid dienone is 2. The van der Waals surface area contributed by atoms with Crippen molar-refractivity contribution < 1.29 is 4.79 Å². The molecule has 2 nitrogen and oxygen atoms in total. The molecule has 1 rings (SSSR count). The number of aromatic nitrogens is 1. The monoisotopic (exact) mass is 175 g/mol. The molecule has 0 aliphatic carbocycles. The zero-order valence-electron chi connectivity index (χ0n) is 7.95. The van der Waals surface area contributed by atoms with E-state index in [-0.39, 0.29) is 5.78 Å². The molecule has 68 valence electrons. The molecule has 0 N–H and O–H groups in total. The van der Waals surface area contributed by atoms with Crippen LogP contribution in [0.2, 0.25) is 0 Å². The molecule has 0 amide bonds. The Labute approximate surface area is 78.3 Å². The van der Waals surface area contributed by atoms with Gasteiger partial charge in [0.05, 0.1) is 0 Å². The van der Waals surface area contributed by atoms with Crippen LogP contribution in [-0.2, 0) is 0 Å².